The van der Waals surface area contributed by atoms with Crippen LogP contribution in [0.2, 0.25) is 10.0 Å². The minimum atomic E-state index is -0.791. The Morgan fingerprint density at radius 1 is 0.848 bits per heavy atom. The lowest BCUT2D eigenvalue weighted by atomic mass is 9.81. The molecule has 236 valence electrons. The highest BCUT2D eigenvalue weighted by atomic mass is 79.9. The van der Waals surface area contributed by atoms with Crippen LogP contribution >= 0.6 is 55.1 Å². The first-order valence-electron chi connectivity index (χ1n) is 13.9. The molecule has 0 N–H and O–H groups in total. The Labute approximate surface area is 288 Å². The molecule has 46 heavy (non-hydrogen) atoms. The van der Waals surface area contributed by atoms with Gasteiger partial charge in [-0.3, -0.25) is 29.3 Å². The van der Waals surface area contributed by atoms with E-state index >= 15 is 0 Å². The molecule has 1 heterocycles. The lowest BCUT2D eigenvalue weighted by Crippen LogP contribution is -2.52. The molecule has 0 radical (unpaired) electrons. The number of benzene rings is 3. The third-order valence-electron chi connectivity index (χ3n) is 8.60. The van der Waals surface area contributed by atoms with E-state index in [-0.39, 0.29) is 59.7 Å². The smallest absolute Gasteiger partial charge is 0.343 e. The molecule has 3 aromatic rings. The SMILES string of the molecule is O=C(CN(C(=O)c1ccc(Cl)c(Cl)c1)N1C(=O)[C@@H]2[C@H]3C[C@@H]([C@H](Br)[C@H]3Br)[C@H]2C1=O)c1ccc(OC(=O)c2ccc([N+](=O)[O-])cc2)cc1. The van der Waals surface area contributed by atoms with Gasteiger partial charge < -0.3 is 4.74 Å². The number of amides is 3. The molecule has 15 heteroatoms. The maximum Gasteiger partial charge on any atom is 0.343 e. The summed E-state index contributed by atoms with van der Waals surface area (Å²) in [6, 6.07) is 14.4. The number of non-ortho nitro benzene ring substituents is 1. The van der Waals surface area contributed by atoms with Crippen LogP contribution in [0.1, 0.15) is 37.5 Å². The summed E-state index contributed by atoms with van der Waals surface area (Å²) in [7, 11) is 0. The number of Topliss-reactive ketones (excluding diaryl/α,β-unsaturated/α-hetero) is 1. The van der Waals surface area contributed by atoms with Crippen molar-refractivity contribution in [2.45, 2.75) is 16.1 Å². The van der Waals surface area contributed by atoms with Crippen molar-refractivity contribution in [2.75, 3.05) is 6.54 Å². The van der Waals surface area contributed by atoms with Crippen molar-refractivity contribution >= 4 is 90.2 Å². The number of nitro benzene ring substituents is 1. The Hall–Kier alpha value is -3.65. The summed E-state index contributed by atoms with van der Waals surface area (Å²) in [5.41, 5.74) is 0.0343. The Morgan fingerprint density at radius 2 is 1.39 bits per heavy atom. The lowest BCUT2D eigenvalue weighted by molar-refractivity contribution is -0.384. The maximum atomic E-state index is 13.9. The highest BCUT2D eigenvalue weighted by molar-refractivity contribution is 9.12. The van der Waals surface area contributed by atoms with E-state index < -0.39 is 52.8 Å². The number of hydrogen-bond acceptors (Lipinski definition) is 8. The number of imide groups is 1. The Balaban J connectivity index is 1.24. The fraction of sp³-hybridized carbons (Fsp3) is 0.258. The van der Waals surface area contributed by atoms with Gasteiger partial charge in [-0.05, 0) is 72.9 Å². The number of ketones is 1. The zero-order valence-corrected chi connectivity index (χ0v) is 28.0. The van der Waals surface area contributed by atoms with Gasteiger partial charge in [0.25, 0.3) is 23.4 Å². The van der Waals surface area contributed by atoms with Crippen molar-refractivity contribution in [1.82, 2.24) is 10.0 Å². The van der Waals surface area contributed by atoms with E-state index in [0.717, 1.165) is 10.0 Å². The quantitative estimate of drug-likeness (QED) is 0.0504. The number of fused-ring (bicyclic) bond motifs is 5. The molecule has 2 bridgehead atoms. The largest absolute Gasteiger partial charge is 0.423 e. The number of alkyl halides is 2. The molecule has 3 amide bonds. The van der Waals surface area contributed by atoms with Gasteiger partial charge in [-0.15, -0.1) is 0 Å². The minimum Gasteiger partial charge on any atom is -0.423 e. The highest BCUT2D eigenvalue weighted by Crippen LogP contribution is 2.60. The number of carbonyl (C=O) groups excluding carboxylic acids is 5. The number of halogens is 4. The molecule has 6 atom stereocenters. The topological polar surface area (TPSA) is 144 Å². The van der Waals surface area contributed by atoms with Crippen molar-refractivity contribution in [2.24, 2.45) is 23.7 Å². The van der Waals surface area contributed by atoms with Gasteiger partial charge in [0.15, 0.2) is 5.78 Å². The molecule has 1 aliphatic heterocycles. The molecule has 3 aliphatic rings. The van der Waals surface area contributed by atoms with Crippen LogP contribution in [0.15, 0.2) is 66.7 Å². The predicted molar refractivity (Wildman–Crippen MR) is 172 cm³/mol. The van der Waals surface area contributed by atoms with E-state index in [4.69, 9.17) is 27.9 Å². The highest BCUT2D eigenvalue weighted by Gasteiger charge is 2.67. The summed E-state index contributed by atoms with van der Waals surface area (Å²) in [6.45, 7) is -0.650. The van der Waals surface area contributed by atoms with E-state index in [1.165, 1.54) is 66.7 Å². The predicted octanol–water partition coefficient (Wildman–Crippen LogP) is 6.14. The number of nitrogens with zero attached hydrogens (tertiary/aromatic N) is 3. The van der Waals surface area contributed by atoms with Gasteiger partial charge in [0.2, 0.25) is 0 Å². The molecule has 6 rings (SSSR count). The molecule has 2 saturated carbocycles. The van der Waals surface area contributed by atoms with Crippen LogP contribution < -0.4 is 4.74 Å². The number of esters is 1. The van der Waals surface area contributed by atoms with E-state index in [1.54, 1.807) is 0 Å². The molecule has 3 fully saturated rings. The summed E-state index contributed by atoms with van der Waals surface area (Å²) >= 11 is 19.5. The molecule has 11 nitrogen and oxygen atoms in total. The first kappa shape index (κ1) is 32.3. The average Bonchev–Trinajstić information content (AvgIpc) is 3.65. The summed E-state index contributed by atoms with van der Waals surface area (Å²) in [5, 5.41) is 12.8. The third kappa shape index (κ3) is 5.63. The van der Waals surface area contributed by atoms with Crippen LogP contribution in [0.25, 0.3) is 0 Å². The van der Waals surface area contributed by atoms with Crippen LogP contribution in [0.3, 0.4) is 0 Å². The number of rotatable bonds is 8. The van der Waals surface area contributed by atoms with Gasteiger partial charge in [-0.2, -0.15) is 5.01 Å². The minimum absolute atomic E-state index is 0.0214. The van der Waals surface area contributed by atoms with Crippen LogP contribution in [0.4, 0.5) is 5.69 Å². The number of nitro groups is 1. The van der Waals surface area contributed by atoms with Crippen molar-refractivity contribution in [3.05, 3.63) is 104 Å². The maximum absolute atomic E-state index is 13.9. The molecule has 0 spiro atoms. The van der Waals surface area contributed by atoms with Gasteiger partial charge in [-0.1, -0.05) is 55.1 Å². The van der Waals surface area contributed by atoms with Crippen LogP contribution in [-0.2, 0) is 9.59 Å². The first-order valence-corrected chi connectivity index (χ1v) is 16.5. The fourth-order valence-electron chi connectivity index (χ4n) is 6.40. The molecule has 2 aliphatic carbocycles. The van der Waals surface area contributed by atoms with Crippen molar-refractivity contribution < 1.29 is 33.6 Å². The molecule has 0 aromatic heterocycles. The monoisotopic (exact) mass is 791 g/mol. The molecular weight excluding hydrogens is 773 g/mol. The van der Waals surface area contributed by atoms with E-state index in [1.807, 2.05) is 0 Å². The number of hydrogen-bond donors (Lipinski definition) is 0. The van der Waals surface area contributed by atoms with Gasteiger partial charge in [0.1, 0.15) is 12.3 Å². The first-order chi connectivity index (χ1) is 21.9. The number of carbonyl (C=O) groups is 5. The average molecular weight is 794 g/mol. The van der Waals surface area contributed by atoms with E-state index in [9.17, 15) is 34.1 Å². The normalized spacial score (nSPS) is 24.6. The fourth-order valence-corrected chi connectivity index (χ4v) is 8.58. The lowest BCUT2D eigenvalue weighted by Gasteiger charge is -2.31. The Bertz CT molecular complexity index is 1770. The second-order valence-electron chi connectivity index (χ2n) is 11.1. The number of hydrazine groups is 1. The van der Waals surface area contributed by atoms with Crippen molar-refractivity contribution in [1.29, 1.82) is 0 Å². The van der Waals surface area contributed by atoms with Crippen LogP contribution in [0.5, 0.6) is 5.75 Å². The molecule has 0 unspecified atom stereocenters. The Kier molecular flexibility index (Phi) is 8.79. The van der Waals surface area contributed by atoms with Gasteiger partial charge >= 0.3 is 5.97 Å². The summed E-state index contributed by atoms with van der Waals surface area (Å²) in [4.78, 5) is 77.7. The molecular formula is C31H21Br2Cl2N3O8. The summed E-state index contributed by atoms with van der Waals surface area (Å²) in [5.74, 6) is -4.62. The van der Waals surface area contributed by atoms with Gasteiger partial charge in [-0.25, -0.2) is 9.80 Å². The van der Waals surface area contributed by atoms with Crippen molar-refractivity contribution in [3.63, 3.8) is 0 Å². The third-order valence-corrected chi connectivity index (χ3v) is 12.5. The van der Waals surface area contributed by atoms with E-state index in [0.29, 0.717) is 6.42 Å². The zero-order valence-electron chi connectivity index (χ0n) is 23.3. The Morgan fingerprint density at radius 3 is 1.93 bits per heavy atom. The standard InChI is InChI=1S/C31H21Br2Cl2N3O8/c32-26-19-12-20(27(26)33)25-24(19)29(41)37(30(25)42)36(28(40)16-5-10-21(34)22(35)11-16)13-23(39)14-3-8-18(9-4-14)46-31(43)15-1-6-17(7-2-15)38(44)45/h1-11,19-20,24-27H,12-13H2/t19-,20-,24-,25-,26+,27+/m1/s1. The number of ether oxygens (including phenoxy) is 1. The van der Waals surface area contributed by atoms with Crippen LogP contribution in [-0.4, -0.2) is 60.6 Å². The van der Waals surface area contributed by atoms with E-state index in [2.05, 4.69) is 31.9 Å². The summed E-state index contributed by atoms with van der Waals surface area (Å²) in [6.07, 6.45) is 0.688. The second-order valence-corrected chi connectivity index (χ2v) is 14.1. The summed E-state index contributed by atoms with van der Waals surface area (Å²) < 4.78 is 5.32. The molecule has 3 aromatic carbocycles. The second kappa shape index (κ2) is 12.5. The van der Waals surface area contributed by atoms with Gasteiger partial charge in [0.05, 0.1) is 32.4 Å². The molecule has 1 saturated heterocycles. The zero-order chi connectivity index (χ0) is 33.0. The van der Waals surface area contributed by atoms with Gasteiger partial charge in [0, 0.05) is 32.9 Å². The van der Waals surface area contributed by atoms with Crippen LogP contribution in [0, 0.1) is 33.8 Å². The van der Waals surface area contributed by atoms with Crippen molar-refractivity contribution in [3.8, 4) is 5.75 Å².